The Balaban J connectivity index is 1.56. The molecule has 0 aliphatic rings. The number of thiophene rings is 1. The van der Waals surface area contributed by atoms with Crippen LogP contribution in [-0.2, 0) is 13.0 Å². The topological polar surface area (TPSA) is 46.9 Å². The number of hydrogen-bond acceptors (Lipinski definition) is 3. The van der Waals surface area contributed by atoms with E-state index in [2.05, 4.69) is 16.5 Å². The van der Waals surface area contributed by atoms with Gasteiger partial charge in [-0.05, 0) is 29.5 Å². The Kier molecular flexibility index (Phi) is 5.10. The maximum atomic E-state index is 12.1. The van der Waals surface area contributed by atoms with Crippen LogP contribution in [0.5, 0.6) is 0 Å². The molecule has 3 rings (SSSR count). The molecule has 0 atom stereocenters. The molecule has 0 aliphatic carbocycles. The van der Waals surface area contributed by atoms with Gasteiger partial charge in [-0.3, -0.25) is 9.48 Å². The molecule has 6 heteroatoms. The first-order valence-corrected chi connectivity index (χ1v) is 8.54. The summed E-state index contributed by atoms with van der Waals surface area (Å²) in [5, 5.41) is 9.88. The monoisotopic (exact) mass is 345 g/mol. The second-order valence-corrected chi connectivity index (χ2v) is 6.54. The summed E-state index contributed by atoms with van der Waals surface area (Å²) in [6.45, 7) is 1.16. The first-order valence-electron chi connectivity index (χ1n) is 7.29. The highest BCUT2D eigenvalue weighted by Gasteiger charge is 2.09. The Bertz CT molecular complexity index is 783. The lowest BCUT2D eigenvalue weighted by Crippen LogP contribution is -2.25. The van der Waals surface area contributed by atoms with Gasteiger partial charge < -0.3 is 5.32 Å². The number of hydrogen-bond donors (Lipinski definition) is 1. The van der Waals surface area contributed by atoms with Gasteiger partial charge in [-0.25, -0.2) is 0 Å². The molecule has 0 unspecified atom stereocenters. The molecule has 0 saturated carbocycles. The van der Waals surface area contributed by atoms with Gasteiger partial charge in [0.25, 0.3) is 5.91 Å². The van der Waals surface area contributed by atoms with Gasteiger partial charge in [0.05, 0.1) is 18.3 Å². The molecule has 2 aromatic heterocycles. The van der Waals surface area contributed by atoms with Crippen LogP contribution in [0.1, 0.15) is 20.8 Å². The lowest BCUT2D eigenvalue weighted by molar-refractivity contribution is 0.0954. The predicted molar refractivity (Wildman–Crippen MR) is 93.1 cm³/mol. The third kappa shape index (κ3) is 4.21. The number of halogens is 1. The quantitative estimate of drug-likeness (QED) is 0.741. The van der Waals surface area contributed by atoms with Crippen molar-refractivity contribution in [3.05, 3.63) is 75.2 Å². The zero-order valence-electron chi connectivity index (χ0n) is 12.4. The van der Waals surface area contributed by atoms with Crippen molar-refractivity contribution in [2.75, 3.05) is 6.54 Å². The standard InChI is InChI=1S/C17H16ClN3OS/c18-16-6-2-1-4-13(16)11-21-12-14(10-20-21)17(22)19-8-7-15-5-3-9-23-15/h1-6,9-10,12H,7-8,11H2,(H,19,22). The molecule has 1 aromatic carbocycles. The smallest absolute Gasteiger partial charge is 0.254 e. The normalized spacial score (nSPS) is 10.7. The minimum Gasteiger partial charge on any atom is -0.352 e. The molecule has 0 fully saturated rings. The number of nitrogens with one attached hydrogen (secondary N) is 1. The minimum absolute atomic E-state index is 0.105. The Morgan fingerprint density at radius 2 is 2.13 bits per heavy atom. The van der Waals surface area contributed by atoms with Gasteiger partial charge in [-0.15, -0.1) is 11.3 Å². The highest BCUT2D eigenvalue weighted by molar-refractivity contribution is 7.09. The summed E-state index contributed by atoms with van der Waals surface area (Å²) in [5.41, 5.74) is 1.53. The summed E-state index contributed by atoms with van der Waals surface area (Å²) in [6, 6.07) is 11.7. The van der Waals surface area contributed by atoms with E-state index in [9.17, 15) is 4.79 Å². The third-order valence-electron chi connectivity index (χ3n) is 3.42. The number of amides is 1. The highest BCUT2D eigenvalue weighted by Crippen LogP contribution is 2.16. The molecule has 118 valence electrons. The van der Waals surface area contributed by atoms with Gasteiger partial charge in [0, 0.05) is 22.6 Å². The average Bonchev–Trinajstić information content (AvgIpc) is 3.21. The van der Waals surface area contributed by atoms with E-state index in [-0.39, 0.29) is 5.91 Å². The SMILES string of the molecule is O=C(NCCc1cccs1)c1cnn(Cc2ccccc2Cl)c1. The van der Waals surface area contributed by atoms with Crippen LogP contribution in [0.2, 0.25) is 5.02 Å². The Hall–Kier alpha value is -2.11. The van der Waals surface area contributed by atoms with Crippen molar-refractivity contribution in [2.24, 2.45) is 0 Å². The molecule has 4 nitrogen and oxygen atoms in total. The molecule has 0 spiro atoms. The van der Waals surface area contributed by atoms with Crippen molar-refractivity contribution < 1.29 is 4.79 Å². The summed E-state index contributed by atoms with van der Waals surface area (Å²) >= 11 is 7.84. The Morgan fingerprint density at radius 1 is 1.26 bits per heavy atom. The Morgan fingerprint density at radius 3 is 2.91 bits per heavy atom. The summed E-state index contributed by atoms with van der Waals surface area (Å²) < 4.78 is 1.72. The largest absolute Gasteiger partial charge is 0.352 e. The summed E-state index contributed by atoms with van der Waals surface area (Å²) in [4.78, 5) is 13.4. The zero-order valence-corrected chi connectivity index (χ0v) is 14.0. The maximum absolute atomic E-state index is 12.1. The number of rotatable bonds is 6. The van der Waals surface area contributed by atoms with Crippen LogP contribution in [0.4, 0.5) is 0 Å². The molecule has 1 amide bonds. The van der Waals surface area contributed by atoms with Gasteiger partial charge in [0.15, 0.2) is 0 Å². The lowest BCUT2D eigenvalue weighted by Gasteiger charge is -2.04. The van der Waals surface area contributed by atoms with Crippen LogP contribution in [0.25, 0.3) is 0 Å². The van der Waals surface area contributed by atoms with Gasteiger partial charge in [-0.2, -0.15) is 5.10 Å². The van der Waals surface area contributed by atoms with Crippen molar-refractivity contribution in [3.63, 3.8) is 0 Å². The van der Waals surface area contributed by atoms with Gasteiger partial charge in [-0.1, -0.05) is 35.9 Å². The Labute approximate surface area is 143 Å². The van der Waals surface area contributed by atoms with E-state index < -0.39 is 0 Å². The second kappa shape index (κ2) is 7.44. The van der Waals surface area contributed by atoms with Crippen LogP contribution < -0.4 is 5.32 Å². The number of carbonyl (C=O) groups excluding carboxylic acids is 1. The average molecular weight is 346 g/mol. The maximum Gasteiger partial charge on any atom is 0.254 e. The fourth-order valence-corrected chi connectivity index (χ4v) is 3.13. The number of nitrogens with zero attached hydrogens (tertiary/aromatic N) is 2. The van der Waals surface area contributed by atoms with E-state index >= 15 is 0 Å². The number of benzene rings is 1. The van der Waals surface area contributed by atoms with Crippen molar-refractivity contribution in [1.29, 1.82) is 0 Å². The van der Waals surface area contributed by atoms with E-state index in [1.807, 2.05) is 35.7 Å². The van der Waals surface area contributed by atoms with Crippen LogP contribution in [0.15, 0.2) is 54.2 Å². The molecule has 0 aliphatic heterocycles. The van der Waals surface area contributed by atoms with E-state index in [4.69, 9.17) is 11.6 Å². The molecule has 0 radical (unpaired) electrons. The third-order valence-corrected chi connectivity index (χ3v) is 4.73. The summed E-state index contributed by atoms with van der Waals surface area (Å²) in [7, 11) is 0. The lowest BCUT2D eigenvalue weighted by atomic mass is 10.2. The molecule has 1 N–H and O–H groups in total. The number of aromatic nitrogens is 2. The van der Waals surface area contributed by atoms with Crippen molar-refractivity contribution in [3.8, 4) is 0 Å². The first-order chi connectivity index (χ1) is 11.2. The summed E-state index contributed by atoms with van der Waals surface area (Å²) in [5.74, 6) is -0.105. The fourth-order valence-electron chi connectivity index (χ4n) is 2.22. The van der Waals surface area contributed by atoms with E-state index in [1.165, 1.54) is 4.88 Å². The van der Waals surface area contributed by atoms with Crippen LogP contribution in [0.3, 0.4) is 0 Å². The molecular formula is C17H16ClN3OS. The molecular weight excluding hydrogens is 330 g/mol. The van der Waals surface area contributed by atoms with Crippen LogP contribution in [0, 0.1) is 0 Å². The van der Waals surface area contributed by atoms with Crippen LogP contribution in [-0.4, -0.2) is 22.2 Å². The van der Waals surface area contributed by atoms with E-state index in [0.29, 0.717) is 23.7 Å². The summed E-state index contributed by atoms with van der Waals surface area (Å²) in [6.07, 6.45) is 4.16. The van der Waals surface area contributed by atoms with Crippen molar-refractivity contribution in [2.45, 2.75) is 13.0 Å². The van der Waals surface area contributed by atoms with Crippen molar-refractivity contribution >= 4 is 28.8 Å². The molecule has 3 aromatic rings. The second-order valence-electron chi connectivity index (χ2n) is 5.10. The van der Waals surface area contributed by atoms with E-state index in [0.717, 1.165) is 12.0 Å². The van der Waals surface area contributed by atoms with Gasteiger partial charge in [0.1, 0.15) is 0 Å². The van der Waals surface area contributed by atoms with Crippen LogP contribution >= 0.6 is 22.9 Å². The highest BCUT2D eigenvalue weighted by atomic mass is 35.5. The fraction of sp³-hybridized carbons (Fsp3) is 0.176. The number of carbonyl (C=O) groups is 1. The van der Waals surface area contributed by atoms with Crippen molar-refractivity contribution in [1.82, 2.24) is 15.1 Å². The van der Waals surface area contributed by atoms with Gasteiger partial charge >= 0.3 is 0 Å². The molecule has 0 saturated heterocycles. The van der Waals surface area contributed by atoms with Gasteiger partial charge in [0.2, 0.25) is 0 Å². The predicted octanol–water partition coefficient (Wildman–Crippen LogP) is 3.62. The minimum atomic E-state index is -0.105. The first kappa shape index (κ1) is 15.8. The molecule has 23 heavy (non-hydrogen) atoms. The zero-order chi connectivity index (χ0) is 16.1. The van der Waals surface area contributed by atoms with E-state index in [1.54, 1.807) is 28.4 Å². The molecule has 2 heterocycles. The molecule has 0 bridgehead atoms.